The molecular weight excluding hydrogens is 198 g/mol. The van der Waals surface area contributed by atoms with Gasteiger partial charge >= 0.3 is 0 Å². The maximum absolute atomic E-state index is 4.40. The van der Waals surface area contributed by atoms with Gasteiger partial charge in [-0.1, -0.05) is 19.3 Å². The summed E-state index contributed by atoms with van der Waals surface area (Å²) in [7, 11) is 2.09. The fourth-order valence-electron chi connectivity index (χ4n) is 2.80. The van der Waals surface area contributed by atoms with Crippen molar-refractivity contribution in [2.75, 3.05) is 7.05 Å². The summed E-state index contributed by atoms with van der Waals surface area (Å²) in [6, 6.07) is 0.636. The summed E-state index contributed by atoms with van der Waals surface area (Å²) in [6.07, 6.45) is 11.0. The molecule has 1 saturated carbocycles. The highest BCUT2D eigenvalue weighted by Crippen LogP contribution is 2.31. The molecule has 3 heteroatoms. The molecule has 0 aromatic carbocycles. The van der Waals surface area contributed by atoms with Crippen LogP contribution >= 0.6 is 0 Å². The highest BCUT2D eigenvalue weighted by molar-refractivity contribution is 5.14. The molecule has 3 nitrogen and oxygen atoms in total. The Kier molecular flexibility index (Phi) is 3.99. The number of nitrogens with zero attached hydrogens (tertiary/aromatic N) is 2. The first-order valence-corrected chi connectivity index (χ1v) is 6.54. The van der Waals surface area contributed by atoms with Crippen molar-refractivity contribution < 1.29 is 0 Å². The molecule has 1 heterocycles. The monoisotopic (exact) mass is 221 g/mol. The van der Waals surface area contributed by atoms with Gasteiger partial charge in [-0.15, -0.1) is 0 Å². The number of hydrogen-bond acceptors (Lipinski definition) is 2. The molecule has 1 aromatic heterocycles. The van der Waals surface area contributed by atoms with Gasteiger partial charge in [0.2, 0.25) is 0 Å². The van der Waals surface area contributed by atoms with E-state index in [0.29, 0.717) is 12.0 Å². The SMILES string of the molecule is CCn1cc(C2CCCCCC2NC)cn1. The number of nitrogens with one attached hydrogen (secondary N) is 1. The predicted octanol–water partition coefficient (Wildman–Crippen LogP) is 2.54. The third kappa shape index (κ3) is 2.46. The van der Waals surface area contributed by atoms with Crippen LogP contribution in [0, 0.1) is 0 Å². The van der Waals surface area contributed by atoms with Gasteiger partial charge in [-0.2, -0.15) is 5.10 Å². The molecule has 1 aliphatic carbocycles. The van der Waals surface area contributed by atoms with E-state index in [9.17, 15) is 0 Å². The number of likely N-dealkylation sites (N-methyl/N-ethyl adjacent to an activating group) is 1. The van der Waals surface area contributed by atoms with Crippen LogP contribution in [0.3, 0.4) is 0 Å². The van der Waals surface area contributed by atoms with E-state index in [1.54, 1.807) is 0 Å². The van der Waals surface area contributed by atoms with Crippen LogP contribution in [-0.2, 0) is 6.54 Å². The van der Waals surface area contributed by atoms with Crippen LogP contribution in [0.15, 0.2) is 12.4 Å². The highest BCUT2D eigenvalue weighted by Gasteiger charge is 2.24. The van der Waals surface area contributed by atoms with Crippen LogP contribution in [0.2, 0.25) is 0 Å². The first-order valence-electron chi connectivity index (χ1n) is 6.54. The third-order valence-electron chi connectivity index (χ3n) is 3.79. The number of aromatic nitrogens is 2. The third-order valence-corrected chi connectivity index (χ3v) is 3.79. The molecule has 0 spiro atoms. The van der Waals surface area contributed by atoms with Gasteiger partial charge in [0.25, 0.3) is 0 Å². The quantitative estimate of drug-likeness (QED) is 0.795. The van der Waals surface area contributed by atoms with Gasteiger partial charge in [0.1, 0.15) is 0 Å². The Bertz CT molecular complexity index is 319. The maximum Gasteiger partial charge on any atom is 0.0525 e. The van der Waals surface area contributed by atoms with Gasteiger partial charge in [-0.05, 0) is 32.4 Å². The lowest BCUT2D eigenvalue weighted by molar-refractivity contribution is 0.439. The highest BCUT2D eigenvalue weighted by atomic mass is 15.3. The standard InChI is InChI=1S/C13H23N3/c1-3-16-10-11(9-15-16)12-7-5-4-6-8-13(12)14-2/h9-10,12-14H,3-8H2,1-2H3. The van der Waals surface area contributed by atoms with Crippen LogP contribution in [0.4, 0.5) is 0 Å². The van der Waals surface area contributed by atoms with Crippen molar-refractivity contribution in [2.45, 2.75) is 57.5 Å². The Labute approximate surface area is 98.2 Å². The Morgan fingerprint density at radius 3 is 2.88 bits per heavy atom. The van der Waals surface area contributed by atoms with E-state index in [1.807, 2.05) is 4.68 Å². The van der Waals surface area contributed by atoms with E-state index >= 15 is 0 Å². The second-order valence-electron chi connectivity index (χ2n) is 4.77. The molecule has 90 valence electrons. The summed E-state index contributed by atoms with van der Waals surface area (Å²) in [4.78, 5) is 0. The molecule has 2 unspecified atom stereocenters. The normalized spacial score (nSPS) is 26.6. The Hall–Kier alpha value is -0.830. The van der Waals surface area contributed by atoms with Gasteiger partial charge in [0.05, 0.1) is 6.20 Å². The van der Waals surface area contributed by atoms with Gasteiger partial charge in [0, 0.05) is 24.7 Å². The van der Waals surface area contributed by atoms with Crippen molar-refractivity contribution in [3.8, 4) is 0 Å². The van der Waals surface area contributed by atoms with E-state index in [0.717, 1.165) is 6.54 Å². The molecule has 1 aromatic rings. The number of hydrogen-bond donors (Lipinski definition) is 1. The largest absolute Gasteiger partial charge is 0.316 e. The van der Waals surface area contributed by atoms with E-state index in [4.69, 9.17) is 0 Å². The van der Waals surface area contributed by atoms with Gasteiger partial charge < -0.3 is 5.32 Å². The molecule has 1 fully saturated rings. The van der Waals surface area contributed by atoms with Crippen molar-refractivity contribution in [1.29, 1.82) is 0 Å². The molecule has 1 aliphatic rings. The van der Waals surface area contributed by atoms with Gasteiger partial charge in [-0.25, -0.2) is 0 Å². The molecule has 1 N–H and O–H groups in total. The lowest BCUT2D eigenvalue weighted by Crippen LogP contribution is -2.31. The topological polar surface area (TPSA) is 29.9 Å². The molecule has 0 bridgehead atoms. The summed E-state index contributed by atoms with van der Waals surface area (Å²) in [6.45, 7) is 3.11. The van der Waals surface area contributed by atoms with E-state index in [2.05, 4.69) is 36.8 Å². The van der Waals surface area contributed by atoms with Crippen LogP contribution < -0.4 is 5.32 Å². The average molecular weight is 221 g/mol. The van der Waals surface area contributed by atoms with E-state index in [-0.39, 0.29) is 0 Å². The first-order chi connectivity index (χ1) is 7.85. The Balaban J connectivity index is 2.14. The van der Waals surface area contributed by atoms with Crippen LogP contribution in [0.1, 0.15) is 50.5 Å². The molecule has 0 radical (unpaired) electrons. The minimum atomic E-state index is 0.636. The second-order valence-corrected chi connectivity index (χ2v) is 4.77. The molecular formula is C13H23N3. The summed E-state index contributed by atoms with van der Waals surface area (Å²) >= 11 is 0. The molecule has 16 heavy (non-hydrogen) atoms. The minimum absolute atomic E-state index is 0.636. The smallest absolute Gasteiger partial charge is 0.0525 e. The Morgan fingerprint density at radius 2 is 2.19 bits per heavy atom. The van der Waals surface area contributed by atoms with Crippen molar-refractivity contribution in [1.82, 2.24) is 15.1 Å². The first kappa shape index (κ1) is 11.6. The molecule has 0 amide bonds. The van der Waals surface area contributed by atoms with Crippen molar-refractivity contribution in [3.05, 3.63) is 18.0 Å². The number of rotatable bonds is 3. The van der Waals surface area contributed by atoms with Crippen molar-refractivity contribution in [3.63, 3.8) is 0 Å². The van der Waals surface area contributed by atoms with Crippen molar-refractivity contribution >= 4 is 0 Å². The second kappa shape index (κ2) is 5.48. The fraction of sp³-hybridized carbons (Fsp3) is 0.769. The summed E-state index contributed by atoms with van der Waals surface area (Å²) in [5.41, 5.74) is 1.42. The summed E-state index contributed by atoms with van der Waals surface area (Å²) in [5.74, 6) is 0.660. The minimum Gasteiger partial charge on any atom is -0.316 e. The van der Waals surface area contributed by atoms with Crippen LogP contribution in [0.5, 0.6) is 0 Å². The fourth-order valence-corrected chi connectivity index (χ4v) is 2.80. The van der Waals surface area contributed by atoms with Crippen molar-refractivity contribution in [2.24, 2.45) is 0 Å². The van der Waals surface area contributed by atoms with Gasteiger partial charge in [-0.3, -0.25) is 4.68 Å². The molecule has 0 aliphatic heterocycles. The molecule has 2 rings (SSSR count). The molecule has 0 saturated heterocycles. The van der Waals surface area contributed by atoms with E-state index in [1.165, 1.54) is 37.7 Å². The predicted molar refractivity (Wildman–Crippen MR) is 66.6 cm³/mol. The van der Waals surface area contributed by atoms with Crippen LogP contribution in [-0.4, -0.2) is 22.9 Å². The zero-order chi connectivity index (χ0) is 11.4. The molecule has 2 atom stereocenters. The van der Waals surface area contributed by atoms with E-state index < -0.39 is 0 Å². The van der Waals surface area contributed by atoms with Gasteiger partial charge in [0.15, 0.2) is 0 Å². The zero-order valence-electron chi connectivity index (χ0n) is 10.4. The zero-order valence-corrected chi connectivity index (χ0v) is 10.4. The Morgan fingerprint density at radius 1 is 1.38 bits per heavy atom. The summed E-state index contributed by atoms with van der Waals surface area (Å²) < 4.78 is 2.03. The lowest BCUT2D eigenvalue weighted by Gasteiger charge is -2.23. The average Bonchev–Trinajstić information content (AvgIpc) is 2.66. The maximum atomic E-state index is 4.40. The number of aryl methyl sites for hydroxylation is 1. The lowest BCUT2D eigenvalue weighted by atomic mass is 9.90. The van der Waals surface area contributed by atoms with Crippen LogP contribution in [0.25, 0.3) is 0 Å². The summed E-state index contributed by atoms with van der Waals surface area (Å²) in [5, 5.41) is 7.88.